The van der Waals surface area contributed by atoms with E-state index < -0.39 is 5.82 Å². The molecule has 8 heteroatoms. The predicted octanol–water partition coefficient (Wildman–Crippen LogP) is 3.87. The zero-order valence-corrected chi connectivity index (χ0v) is 15.6. The number of fused-ring (bicyclic) bond motifs is 3. The van der Waals surface area contributed by atoms with Gasteiger partial charge in [-0.3, -0.25) is 10.3 Å². The molecule has 1 aromatic heterocycles. The SMILES string of the molecule is Cl.Fc1cc2cc(/N=C3/C[C@@]4(CN5CCC4CC5)ON3)ncc2cc1Cl. The van der Waals surface area contributed by atoms with Crippen LogP contribution in [0.5, 0.6) is 0 Å². The minimum Gasteiger partial charge on any atom is -0.300 e. The number of halogens is 3. The molecule has 4 aliphatic heterocycles. The van der Waals surface area contributed by atoms with Gasteiger partial charge in [-0.25, -0.2) is 14.4 Å². The first-order chi connectivity index (χ1) is 12.1. The Balaban J connectivity index is 0.00000168. The Hall–Kier alpha value is -1.47. The monoisotopic (exact) mass is 396 g/mol. The van der Waals surface area contributed by atoms with Crippen LogP contribution in [-0.2, 0) is 4.84 Å². The van der Waals surface area contributed by atoms with Gasteiger partial charge in [0.05, 0.1) is 5.02 Å². The molecule has 0 aliphatic carbocycles. The summed E-state index contributed by atoms with van der Waals surface area (Å²) >= 11 is 5.82. The van der Waals surface area contributed by atoms with Crippen molar-refractivity contribution in [3.63, 3.8) is 0 Å². The van der Waals surface area contributed by atoms with Crippen LogP contribution >= 0.6 is 24.0 Å². The Kier molecular flexibility index (Phi) is 4.55. The summed E-state index contributed by atoms with van der Waals surface area (Å²) in [5, 5.41) is 1.62. The third kappa shape index (κ3) is 2.95. The van der Waals surface area contributed by atoms with Crippen LogP contribution in [-0.4, -0.2) is 41.0 Å². The lowest BCUT2D eigenvalue weighted by Gasteiger charge is -2.49. The molecule has 0 saturated carbocycles. The van der Waals surface area contributed by atoms with Crippen LogP contribution < -0.4 is 5.48 Å². The minimum atomic E-state index is -0.437. The van der Waals surface area contributed by atoms with Crippen molar-refractivity contribution in [2.24, 2.45) is 10.9 Å². The van der Waals surface area contributed by atoms with E-state index in [1.807, 2.05) is 0 Å². The summed E-state index contributed by atoms with van der Waals surface area (Å²) in [6.45, 7) is 3.30. The number of piperidine rings is 3. The summed E-state index contributed by atoms with van der Waals surface area (Å²) in [6, 6.07) is 4.76. The number of aliphatic imine (C=N–C) groups is 1. The number of hydrogen-bond donors (Lipinski definition) is 1. The fourth-order valence-corrected chi connectivity index (χ4v) is 4.52. The van der Waals surface area contributed by atoms with Crippen LogP contribution in [0.4, 0.5) is 10.2 Å². The van der Waals surface area contributed by atoms with Crippen molar-refractivity contribution in [2.45, 2.75) is 24.9 Å². The molecule has 138 valence electrons. The van der Waals surface area contributed by atoms with Gasteiger partial charge in [0.15, 0.2) is 5.82 Å². The molecule has 4 saturated heterocycles. The molecular formula is C18H19Cl2FN4O. The molecule has 1 spiro atoms. The Labute approximate surface area is 161 Å². The quantitative estimate of drug-likeness (QED) is 0.794. The molecule has 0 amide bonds. The molecule has 1 aromatic carbocycles. The molecule has 0 unspecified atom stereocenters. The minimum absolute atomic E-state index is 0. The zero-order valence-electron chi connectivity index (χ0n) is 14.0. The topological polar surface area (TPSA) is 49.8 Å². The number of aromatic nitrogens is 1. The second kappa shape index (κ2) is 6.60. The molecule has 26 heavy (non-hydrogen) atoms. The standard InChI is InChI=1S/C18H18ClFN4O.ClH/c19-14-5-12-9-21-16(7-11(12)6-15(14)20)22-17-8-18(25-23-17)10-24-3-1-13(18)2-4-24;/h5-7,9,13H,1-4,8,10H2,(H,21,22,23);1H/t18-;/m0./s1. The largest absolute Gasteiger partial charge is 0.300 e. The fourth-order valence-electron chi connectivity index (χ4n) is 4.34. The molecule has 1 N–H and O–H groups in total. The van der Waals surface area contributed by atoms with E-state index in [1.165, 1.54) is 32.0 Å². The number of pyridine rings is 1. The number of hydrogen-bond acceptors (Lipinski definition) is 4. The van der Waals surface area contributed by atoms with Gasteiger partial charge in [-0.15, -0.1) is 12.4 Å². The second-order valence-electron chi connectivity index (χ2n) is 7.21. The third-order valence-electron chi connectivity index (χ3n) is 5.66. The van der Waals surface area contributed by atoms with E-state index in [9.17, 15) is 4.39 Å². The van der Waals surface area contributed by atoms with Gasteiger partial charge >= 0.3 is 0 Å². The van der Waals surface area contributed by atoms with Crippen LogP contribution in [0.25, 0.3) is 10.8 Å². The smallest absolute Gasteiger partial charge is 0.154 e. The first-order valence-electron chi connectivity index (χ1n) is 8.60. The Morgan fingerprint density at radius 1 is 1.27 bits per heavy atom. The first kappa shape index (κ1) is 17.9. The Morgan fingerprint density at radius 3 is 2.81 bits per heavy atom. The van der Waals surface area contributed by atoms with Crippen molar-refractivity contribution in [3.05, 3.63) is 35.2 Å². The Bertz CT molecular complexity index is 885. The maximum atomic E-state index is 13.7. The molecule has 5 nitrogen and oxygen atoms in total. The van der Waals surface area contributed by atoms with Gasteiger partial charge in [-0.1, -0.05) is 11.6 Å². The van der Waals surface area contributed by atoms with Gasteiger partial charge in [-0.2, -0.15) is 0 Å². The van der Waals surface area contributed by atoms with E-state index in [1.54, 1.807) is 18.3 Å². The van der Waals surface area contributed by atoms with Crippen LogP contribution in [0.15, 0.2) is 29.4 Å². The summed E-state index contributed by atoms with van der Waals surface area (Å²) in [7, 11) is 0. The van der Waals surface area contributed by atoms with Crippen molar-refractivity contribution >= 4 is 46.4 Å². The van der Waals surface area contributed by atoms with Crippen molar-refractivity contribution in [1.82, 2.24) is 15.4 Å². The lowest BCUT2D eigenvalue weighted by Crippen LogP contribution is -2.59. The van der Waals surface area contributed by atoms with Crippen LogP contribution in [0, 0.1) is 11.7 Å². The van der Waals surface area contributed by atoms with Crippen molar-refractivity contribution < 1.29 is 9.23 Å². The summed E-state index contributed by atoms with van der Waals surface area (Å²) in [5.74, 6) is 1.47. The molecule has 5 heterocycles. The van der Waals surface area contributed by atoms with E-state index >= 15 is 0 Å². The molecule has 0 radical (unpaired) electrons. The van der Waals surface area contributed by atoms with Gasteiger partial charge < -0.3 is 4.90 Å². The highest BCUT2D eigenvalue weighted by atomic mass is 35.5. The molecule has 2 bridgehead atoms. The molecule has 6 rings (SSSR count). The number of rotatable bonds is 1. The zero-order chi connectivity index (χ0) is 17.0. The number of nitrogens with zero attached hydrogens (tertiary/aromatic N) is 3. The summed E-state index contributed by atoms with van der Waals surface area (Å²) < 4.78 is 13.7. The van der Waals surface area contributed by atoms with Crippen LogP contribution in [0.1, 0.15) is 19.3 Å². The van der Waals surface area contributed by atoms with Gasteiger partial charge in [0.25, 0.3) is 0 Å². The van der Waals surface area contributed by atoms with E-state index in [4.69, 9.17) is 16.4 Å². The molecular weight excluding hydrogens is 378 g/mol. The first-order valence-corrected chi connectivity index (χ1v) is 8.98. The summed E-state index contributed by atoms with van der Waals surface area (Å²) in [4.78, 5) is 17.4. The number of benzene rings is 1. The molecule has 1 atom stereocenters. The number of amidine groups is 1. The van der Waals surface area contributed by atoms with Gasteiger partial charge in [0.2, 0.25) is 0 Å². The average molecular weight is 397 g/mol. The lowest BCUT2D eigenvalue weighted by molar-refractivity contribution is -0.150. The van der Waals surface area contributed by atoms with E-state index in [0.29, 0.717) is 11.7 Å². The van der Waals surface area contributed by atoms with Crippen LogP contribution in [0.3, 0.4) is 0 Å². The normalized spacial score (nSPS) is 31.4. The highest BCUT2D eigenvalue weighted by Crippen LogP contribution is 2.42. The van der Waals surface area contributed by atoms with Crippen LogP contribution in [0.2, 0.25) is 5.02 Å². The lowest BCUT2D eigenvalue weighted by atomic mass is 9.74. The second-order valence-corrected chi connectivity index (χ2v) is 7.62. The van der Waals surface area contributed by atoms with Gasteiger partial charge in [-0.05, 0) is 55.4 Å². The van der Waals surface area contributed by atoms with Gasteiger partial charge in [0.1, 0.15) is 17.3 Å². The summed E-state index contributed by atoms with van der Waals surface area (Å²) in [5.41, 5.74) is 2.85. The van der Waals surface area contributed by atoms with Crippen molar-refractivity contribution in [2.75, 3.05) is 19.6 Å². The summed E-state index contributed by atoms with van der Waals surface area (Å²) in [6.07, 6.45) is 4.80. The van der Waals surface area contributed by atoms with E-state index in [2.05, 4.69) is 20.4 Å². The molecule has 4 aliphatic rings. The highest BCUT2D eigenvalue weighted by Gasteiger charge is 2.52. The maximum Gasteiger partial charge on any atom is 0.154 e. The number of nitrogens with one attached hydrogen (secondary N) is 1. The third-order valence-corrected chi connectivity index (χ3v) is 5.95. The average Bonchev–Trinajstić information content (AvgIpc) is 2.99. The highest BCUT2D eigenvalue weighted by molar-refractivity contribution is 6.31. The molecule has 2 aromatic rings. The van der Waals surface area contributed by atoms with Gasteiger partial charge in [0, 0.05) is 24.5 Å². The van der Waals surface area contributed by atoms with Crippen molar-refractivity contribution in [1.29, 1.82) is 0 Å². The fraction of sp³-hybridized carbons (Fsp3) is 0.444. The predicted molar refractivity (Wildman–Crippen MR) is 102 cm³/mol. The number of hydroxylamine groups is 1. The Morgan fingerprint density at radius 2 is 2.08 bits per heavy atom. The van der Waals surface area contributed by atoms with E-state index in [-0.39, 0.29) is 23.0 Å². The molecule has 4 fully saturated rings. The van der Waals surface area contributed by atoms with E-state index in [0.717, 1.165) is 29.6 Å². The van der Waals surface area contributed by atoms with Crippen molar-refractivity contribution in [3.8, 4) is 0 Å². The maximum absolute atomic E-state index is 13.7.